The second-order valence-electron chi connectivity index (χ2n) is 6.40. The van der Waals surface area contributed by atoms with E-state index in [1.165, 1.54) is 6.21 Å². The number of rotatable bonds is 5. The van der Waals surface area contributed by atoms with Crippen molar-refractivity contribution >= 4 is 44.0 Å². The number of benzene rings is 3. The van der Waals surface area contributed by atoms with Crippen LogP contribution in [-0.2, 0) is 0 Å². The van der Waals surface area contributed by atoms with Gasteiger partial charge in [0.25, 0.3) is 0 Å². The largest absolute Gasteiger partial charge is 0.506 e. The maximum Gasteiger partial charge on any atom is 0.311 e. The molecule has 31 heavy (non-hydrogen) atoms. The van der Waals surface area contributed by atoms with Crippen molar-refractivity contribution in [3.05, 3.63) is 93.1 Å². The summed E-state index contributed by atoms with van der Waals surface area (Å²) in [6, 6.07) is 22.3. The number of hydrogen-bond acceptors (Lipinski definition) is 5. The Hall–Kier alpha value is -3.30. The predicted molar refractivity (Wildman–Crippen MR) is 125 cm³/mol. The summed E-state index contributed by atoms with van der Waals surface area (Å²) in [6.07, 6.45) is 1.34. The van der Waals surface area contributed by atoms with Gasteiger partial charge in [0, 0.05) is 15.6 Å². The lowest BCUT2D eigenvalue weighted by molar-refractivity contribution is 0.0945. The van der Waals surface area contributed by atoms with Crippen LogP contribution in [0.1, 0.15) is 16.2 Å². The van der Waals surface area contributed by atoms with E-state index < -0.39 is 5.91 Å². The lowest BCUT2D eigenvalue weighted by atomic mass is 10.2. The number of hydrogen-bond donors (Lipinski definition) is 2. The van der Waals surface area contributed by atoms with E-state index in [1.807, 2.05) is 60.7 Å². The first kappa shape index (κ1) is 21.0. The Bertz CT molecular complexity index is 1200. The van der Waals surface area contributed by atoms with E-state index in [2.05, 4.69) is 52.5 Å². The second-order valence-corrected chi connectivity index (χ2v) is 8.17. The van der Waals surface area contributed by atoms with E-state index in [0.717, 1.165) is 15.7 Å². The van der Waals surface area contributed by atoms with Crippen molar-refractivity contribution in [2.45, 2.75) is 0 Å². The molecule has 0 saturated carbocycles. The van der Waals surface area contributed by atoms with Gasteiger partial charge in [-0.05, 0) is 40.2 Å². The fraction of sp³-hybridized carbons (Fsp3) is 0. The number of carbonyl (C=O) groups is 1. The molecule has 4 aromatic rings. The van der Waals surface area contributed by atoms with Crippen LogP contribution in [-0.4, -0.2) is 32.0 Å². The number of hydrazone groups is 1. The number of phenolic OH excluding ortho intramolecular Hbond substituents is 1. The van der Waals surface area contributed by atoms with E-state index in [1.54, 1.807) is 16.8 Å². The van der Waals surface area contributed by atoms with Gasteiger partial charge in [-0.1, -0.05) is 64.5 Å². The zero-order chi connectivity index (χ0) is 21.8. The predicted octanol–water partition coefficient (Wildman–Crippen LogP) is 4.93. The first-order chi connectivity index (χ1) is 15.0. The van der Waals surface area contributed by atoms with Crippen LogP contribution in [0.3, 0.4) is 0 Å². The lowest BCUT2D eigenvalue weighted by Crippen LogP contribution is -2.19. The van der Waals surface area contributed by atoms with Gasteiger partial charge in [0.15, 0.2) is 5.82 Å². The molecule has 2 N–H and O–H groups in total. The van der Waals surface area contributed by atoms with Crippen LogP contribution in [0.5, 0.6) is 5.75 Å². The summed E-state index contributed by atoms with van der Waals surface area (Å²) in [4.78, 5) is 17.1. The molecule has 0 fully saturated rings. The number of aromatic nitrogens is 3. The van der Waals surface area contributed by atoms with Crippen molar-refractivity contribution in [3.63, 3.8) is 0 Å². The number of nitrogens with zero attached hydrogens (tertiary/aromatic N) is 4. The SMILES string of the molecule is O=C(N/N=C\c1cc(Br)cc(Br)c1O)c1nc(-c2ccccc2)n(-c2ccccc2)n1. The molecule has 4 rings (SSSR count). The van der Waals surface area contributed by atoms with Crippen LogP contribution in [0.4, 0.5) is 0 Å². The Labute approximate surface area is 194 Å². The van der Waals surface area contributed by atoms with E-state index in [-0.39, 0.29) is 11.6 Å². The fourth-order valence-electron chi connectivity index (χ4n) is 2.83. The van der Waals surface area contributed by atoms with Crippen molar-refractivity contribution in [2.24, 2.45) is 5.10 Å². The second kappa shape index (κ2) is 9.23. The van der Waals surface area contributed by atoms with Gasteiger partial charge < -0.3 is 5.11 Å². The van der Waals surface area contributed by atoms with Crippen molar-refractivity contribution in [1.29, 1.82) is 0 Å². The molecule has 3 aromatic carbocycles. The Kier molecular flexibility index (Phi) is 6.24. The highest BCUT2D eigenvalue weighted by Gasteiger charge is 2.18. The maximum atomic E-state index is 12.6. The molecule has 0 bridgehead atoms. The third-order valence-corrected chi connectivity index (χ3v) is 5.33. The Morgan fingerprint density at radius 3 is 2.42 bits per heavy atom. The van der Waals surface area contributed by atoms with Gasteiger partial charge in [0.1, 0.15) is 5.75 Å². The summed E-state index contributed by atoms with van der Waals surface area (Å²) in [5.74, 6) is -0.0512. The molecule has 0 unspecified atom stereocenters. The summed E-state index contributed by atoms with van der Waals surface area (Å²) in [6.45, 7) is 0. The molecule has 1 heterocycles. The summed E-state index contributed by atoms with van der Waals surface area (Å²) in [5.41, 5.74) is 4.44. The first-order valence-electron chi connectivity index (χ1n) is 9.12. The number of aromatic hydroxyl groups is 1. The van der Waals surface area contributed by atoms with E-state index in [9.17, 15) is 9.90 Å². The van der Waals surface area contributed by atoms with Crippen LogP contribution in [0.15, 0.2) is 86.8 Å². The van der Waals surface area contributed by atoms with Crippen LogP contribution < -0.4 is 5.43 Å². The number of para-hydroxylation sites is 1. The third kappa shape index (κ3) is 4.73. The Morgan fingerprint density at radius 2 is 1.71 bits per heavy atom. The number of phenols is 1. The summed E-state index contributed by atoms with van der Waals surface area (Å²) >= 11 is 6.60. The summed E-state index contributed by atoms with van der Waals surface area (Å²) in [5, 5.41) is 18.4. The zero-order valence-corrected chi connectivity index (χ0v) is 19.1. The highest BCUT2D eigenvalue weighted by Crippen LogP contribution is 2.30. The van der Waals surface area contributed by atoms with Gasteiger partial charge in [-0.25, -0.2) is 15.1 Å². The average Bonchev–Trinajstić information content (AvgIpc) is 3.24. The fourth-order valence-corrected chi connectivity index (χ4v) is 4.08. The molecule has 1 amide bonds. The van der Waals surface area contributed by atoms with Crippen LogP contribution in [0.25, 0.3) is 17.1 Å². The van der Waals surface area contributed by atoms with Crippen molar-refractivity contribution in [2.75, 3.05) is 0 Å². The van der Waals surface area contributed by atoms with Crippen molar-refractivity contribution in [1.82, 2.24) is 20.2 Å². The van der Waals surface area contributed by atoms with E-state index in [0.29, 0.717) is 15.9 Å². The van der Waals surface area contributed by atoms with Crippen LogP contribution in [0, 0.1) is 0 Å². The monoisotopic (exact) mass is 539 g/mol. The standard InChI is InChI=1S/C22H15Br2N5O2/c23-16-11-15(19(30)18(24)12-16)13-25-27-22(31)20-26-21(14-7-3-1-4-8-14)29(28-20)17-9-5-2-6-10-17/h1-13,30H,(H,27,31)/b25-13-. The molecule has 0 aliphatic heterocycles. The van der Waals surface area contributed by atoms with Crippen LogP contribution in [0.2, 0.25) is 0 Å². The molecule has 154 valence electrons. The molecular formula is C22H15Br2N5O2. The summed E-state index contributed by atoms with van der Waals surface area (Å²) < 4.78 is 2.87. The maximum absolute atomic E-state index is 12.6. The first-order valence-corrected chi connectivity index (χ1v) is 10.7. The number of carbonyl (C=O) groups excluding carboxylic acids is 1. The smallest absolute Gasteiger partial charge is 0.311 e. The number of nitrogens with one attached hydrogen (secondary N) is 1. The van der Waals surface area contributed by atoms with Gasteiger partial charge >= 0.3 is 5.91 Å². The average molecular weight is 541 g/mol. The molecule has 1 aromatic heterocycles. The highest BCUT2D eigenvalue weighted by molar-refractivity contribution is 9.11. The van der Waals surface area contributed by atoms with E-state index in [4.69, 9.17) is 0 Å². The Morgan fingerprint density at radius 1 is 1.03 bits per heavy atom. The third-order valence-electron chi connectivity index (χ3n) is 4.27. The molecule has 0 saturated heterocycles. The van der Waals surface area contributed by atoms with Gasteiger partial charge in [-0.15, -0.1) is 5.10 Å². The topological polar surface area (TPSA) is 92.4 Å². The number of halogens is 2. The molecule has 0 spiro atoms. The van der Waals surface area contributed by atoms with E-state index >= 15 is 0 Å². The van der Waals surface area contributed by atoms with Gasteiger partial charge in [0.2, 0.25) is 5.82 Å². The molecule has 0 radical (unpaired) electrons. The normalized spacial score (nSPS) is 11.0. The molecule has 0 atom stereocenters. The van der Waals surface area contributed by atoms with Gasteiger partial charge in [-0.3, -0.25) is 4.79 Å². The Balaban J connectivity index is 1.63. The van der Waals surface area contributed by atoms with Gasteiger partial charge in [-0.2, -0.15) is 5.10 Å². The van der Waals surface area contributed by atoms with Gasteiger partial charge in [0.05, 0.1) is 16.4 Å². The molecule has 7 nitrogen and oxygen atoms in total. The lowest BCUT2D eigenvalue weighted by Gasteiger charge is -2.05. The minimum atomic E-state index is -0.573. The van der Waals surface area contributed by atoms with Crippen molar-refractivity contribution in [3.8, 4) is 22.8 Å². The molecule has 9 heteroatoms. The zero-order valence-electron chi connectivity index (χ0n) is 15.9. The number of amides is 1. The van der Waals surface area contributed by atoms with Crippen molar-refractivity contribution < 1.29 is 9.90 Å². The highest BCUT2D eigenvalue weighted by atomic mass is 79.9. The quantitative estimate of drug-likeness (QED) is 0.277. The summed E-state index contributed by atoms with van der Waals surface area (Å²) in [7, 11) is 0. The minimum Gasteiger partial charge on any atom is -0.506 e. The molecule has 0 aliphatic carbocycles. The molecular weight excluding hydrogens is 526 g/mol. The molecule has 0 aliphatic rings. The minimum absolute atomic E-state index is 0.0130. The van der Waals surface area contributed by atoms with Crippen LogP contribution >= 0.6 is 31.9 Å².